The lowest BCUT2D eigenvalue weighted by Gasteiger charge is -2.14. The van der Waals surface area contributed by atoms with Gasteiger partial charge in [-0.05, 0) is 25.0 Å². The molecule has 0 spiro atoms. The molecule has 3 N–H and O–H groups in total. The van der Waals surface area contributed by atoms with Crippen LogP contribution in [0.25, 0.3) is 0 Å². The number of halogens is 4. The van der Waals surface area contributed by atoms with Crippen molar-refractivity contribution in [3.05, 3.63) is 41.2 Å². The van der Waals surface area contributed by atoms with Gasteiger partial charge in [-0.25, -0.2) is 4.99 Å². The molecule has 0 aliphatic heterocycles. The molecule has 0 unspecified atom stereocenters. The molecule has 150 valence electrons. The number of nitrogens with one attached hydrogen (secondary N) is 1. The summed E-state index contributed by atoms with van der Waals surface area (Å²) in [4.78, 5) is 4.25. The minimum atomic E-state index is -4.79. The molecule has 0 bridgehead atoms. The van der Waals surface area contributed by atoms with Crippen LogP contribution in [0.15, 0.2) is 29.3 Å². The van der Waals surface area contributed by atoms with Crippen LogP contribution in [0.3, 0.4) is 0 Å². The van der Waals surface area contributed by atoms with Gasteiger partial charge >= 0.3 is 6.36 Å². The van der Waals surface area contributed by atoms with Crippen molar-refractivity contribution in [1.82, 2.24) is 9.78 Å². The molecule has 0 amide bonds. The highest BCUT2D eigenvalue weighted by molar-refractivity contribution is 14.0. The van der Waals surface area contributed by atoms with Gasteiger partial charge in [0.1, 0.15) is 0 Å². The molecule has 1 aromatic heterocycles. The molecule has 0 atom stereocenters. The van der Waals surface area contributed by atoms with E-state index in [0.717, 1.165) is 29.8 Å². The maximum absolute atomic E-state index is 12.5. The maximum atomic E-state index is 12.5. The Morgan fingerprint density at radius 2 is 1.93 bits per heavy atom. The average Bonchev–Trinajstić information content (AvgIpc) is 2.88. The van der Waals surface area contributed by atoms with Crippen molar-refractivity contribution >= 4 is 35.6 Å². The Morgan fingerprint density at radius 3 is 2.52 bits per heavy atom. The number of para-hydroxylation sites is 2. The highest BCUT2D eigenvalue weighted by Gasteiger charge is 2.32. The van der Waals surface area contributed by atoms with Crippen molar-refractivity contribution in [3.63, 3.8) is 0 Å². The number of aromatic nitrogens is 2. The zero-order chi connectivity index (χ0) is 19.3. The smallest absolute Gasteiger partial charge is 0.404 e. The van der Waals surface area contributed by atoms with Crippen LogP contribution in [0.1, 0.15) is 30.8 Å². The topological polar surface area (TPSA) is 77.5 Å². The van der Waals surface area contributed by atoms with Gasteiger partial charge in [0.15, 0.2) is 11.7 Å². The van der Waals surface area contributed by atoms with Crippen LogP contribution in [0, 0.1) is 0 Å². The van der Waals surface area contributed by atoms with Crippen LogP contribution in [-0.2, 0) is 26.4 Å². The first-order chi connectivity index (χ1) is 12.2. The summed E-state index contributed by atoms with van der Waals surface area (Å²) in [6.45, 7) is 4.32. The number of nitrogens with zero attached hydrogens (tertiary/aromatic N) is 3. The molecular formula is C17H23F3IN5O. The van der Waals surface area contributed by atoms with Crippen LogP contribution in [0.4, 0.5) is 18.9 Å². The fraction of sp³-hybridized carbons (Fsp3) is 0.412. The van der Waals surface area contributed by atoms with Gasteiger partial charge in [-0.2, -0.15) is 5.10 Å². The number of rotatable bonds is 6. The van der Waals surface area contributed by atoms with E-state index in [-0.39, 0.29) is 41.4 Å². The van der Waals surface area contributed by atoms with Gasteiger partial charge in [0.25, 0.3) is 0 Å². The number of hydrogen-bond donors (Lipinski definition) is 2. The highest BCUT2D eigenvalue weighted by atomic mass is 127. The van der Waals surface area contributed by atoms with E-state index in [1.165, 1.54) is 18.2 Å². The van der Waals surface area contributed by atoms with Crippen molar-refractivity contribution in [2.24, 2.45) is 17.8 Å². The van der Waals surface area contributed by atoms with E-state index in [1.807, 2.05) is 25.6 Å². The Hall–Kier alpha value is -1.98. The molecule has 27 heavy (non-hydrogen) atoms. The molecule has 0 aliphatic carbocycles. The summed E-state index contributed by atoms with van der Waals surface area (Å²) in [5, 5.41) is 7.12. The fourth-order valence-corrected chi connectivity index (χ4v) is 2.70. The molecule has 0 radical (unpaired) electrons. The normalized spacial score (nSPS) is 11.9. The maximum Gasteiger partial charge on any atom is 0.573 e. The molecule has 6 nitrogen and oxygen atoms in total. The SMILES string of the molecule is CCc1nn(C)c(CC)c1CN=C(N)Nc1ccccc1OC(F)(F)F.I. The van der Waals surface area contributed by atoms with Gasteiger partial charge in [0, 0.05) is 18.3 Å². The molecule has 1 heterocycles. The minimum Gasteiger partial charge on any atom is -0.404 e. The molecule has 2 aromatic rings. The molecule has 0 saturated heterocycles. The third kappa shape index (κ3) is 6.29. The summed E-state index contributed by atoms with van der Waals surface area (Å²) >= 11 is 0. The molecule has 10 heteroatoms. The Balaban J connectivity index is 0.00000364. The highest BCUT2D eigenvalue weighted by Crippen LogP contribution is 2.29. The predicted octanol–water partition coefficient (Wildman–Crippen LogP) is 3.99. The summed E-state index contributed by atoms with van der Waals surface area (Å²) in [5.41, 5.74) is 8.91. The lowest BCUT2D eigenvalue weighted by atomic mass is 10.1. The van der Waals surface area contributed by atoms with E-state index in [2.05, 4.69) is 20.1 Å². The Bertz CT molecular complexity index is 789. The van der Waals surface area contributed by atoms with Gasteiger partial charge < -0.3 is 15.8 Å². The number of anilines is 1. The number of ether oxygens (including phenoxy) is 1. The van der Waals surface area contributed by atoms with Crippen molar-refractivity contribution in [2.45, 2.75) is 39.6 Å². The average molecular weight is 497 g/mol. The molecular weight excluding hydrogens is 474 g/mol. The van der Waals surface area contributed by atoms with Gasteiger partial charge in [-0.3, -0.25) is 4.68 Å². The van der Waals surface area contributed by atoms with Crippen molar-refractivity contribution in [1.29, 1.82) is 0 Å². The van der Waals surface area contributed by atoms with Crippen molar-refractivity contribution in [2.75, 3.05) is 5.32 Å². The van der Waals surface area contributed by atoms with Crippen LogP contribution in [-0.4, -0.2) is 22.1 Å². The molecule has 0 fully saturated rings. The Kier molecular flexibility index (Phi) is 8.38. The summed E-state index contributed by atoms with van der Waals surface area (Å²) in [5.74, 6) is -0.376. The Labute approximate surface area is 173 Å². The van der Waals surface area contributed by atoms with E-state index in [4.69, 9.17) is 5.73 Å². The van der Waals surface area contributed by atoms with Crippen LogP contribution >= 0.6 is 24.0 Å². The van der Waals surface area contributed by atoms with Crippen LogP contribution < -0.4 is 15.8 Å². The molecule has 1 aromatic carbocycles. The summed E-state index contributed by atoms with van der Waals surface area (Å²) in [6.07, 6.45) is -3.23. The standard InChI is InChI=1S/C17H22F3N5O.HI/c1-4-12-11(14(5-2)25(3)24-12)10-22-16(21)23-13-8-6-7-9-15(13)26-17(18,19)20;/h6-9H,4-5,10H2,1-3H3,(H3,21,22,23);1H. The second-order valence-electron chi connectivity index (χ2n) is 5.57. The summed E-state index contributed by atoms with van der Waals surface area (Å²) in [6, 6.07) is 5.65. The number of aliphatic imine (C=N–C) groups is 1. The Morgan fingerprint density at radius 1 is 1.26 bits per heavy atom. The monoisotopic (exact) mass is 497 g/mol. The van der Waals surface area contributed by atoms with E-state index in [9.17, 15) is 13.2 Å². The third-order valence-electron chi connectivity index (χ3n) is 3.81. The van der Waals surface area contributed by atoms with Crippen LogP contribution in [0.2, 0.25) is 0 Å². The fourth-order valence-electron chi connectivity index (χ4n) is 2.70. The minimum absolute atomic E-state index is 0. The number of benzene rings is 1. The third-order valence-corrected chi connectivity index (χ3v) is 3.81. The van der Waals surface area contributed by atoms with E-state index >= 15 is 0 Å². The van der Waals surface area contributed by atoms with Crippen molar-refractivity contribution in [3.8, 4) is 5.75 Å². The first-order valence-corrected chi connectivity index (χ1v) is 8.20. The first kappa shape index (κ1) is 23.1. The number of nitrogens with two attached hydrogens (primary N) is 1. The van der Waals surface area contributed by atoms with E-state index < -0.39 is 6.36 Å². The lowest BCUT2D eigenvalue weighted by molar-refractivity contribution is -0.274. The molecule has 0 aliphatic rings. The lowest BCUT2D eigenvalue weighted by Crippen LogP contribution is -2.24. The van der Waals surface area contributed by atoms with E-state index in [1.54, 1.807) is 6.07 Å². The first-order valence-electron chi connectivity index (χ1n) is 8.20. The zero-order valence-corrected chi connectivity index (χ0v) is 17.6. The number of aryl methyl sites for hydroxylation is 2. The largest absolute Gasteiger partial charge is 0.573 e. The van der Waals surface area contributed by atoms with Gasteiger partial charge in [0.05, 0.1) is 17.9 Å². The van der Waals surface area contributed by atoms with Gasteiger partial charge in [-0.15, -0.1) is 37.1 Å². The molecule has 2 rings (SSSR count). The number of hydrogen-bond acceptors (Lipinski definition) is 3. The summed E-state index contributed by atoms with van der Waals surface area (Å²) in [7, 11) is 1.87. The van der Waals surface area contributed by atoms with Crippen LogP contribution in [0.5, 0.6) is 5.75 Å². The zero-order valence-electron chi connectivity index (χ0n) is 15.3. The second-order valence-corrected chi connectivity index (χ2v) is 5.57. The number of guanidine groups is 1. The second kappa shape index (κ2) is 9.81. The van der Waals surface area contributed by atoms with E-state index in [0.29, 0.717) is 6.54 Å². The van der Waals surface area contributed by atoms with Gasteiger partial charge in [0.2, 0.25) is 0 Å². The number of alkyl halides is 3. The quantitative estimate of drug-likeness (QED) is 0.360. The predicted molar refractivity (Wildman–Crippen MR) is 109 cm³/mol. The summed E-state index contributed by atoms with van der Waals surface area (Å²) < 4.78 is 43.2. The molecule has 0 saturated carbocycles. The van der Waals surface area contributed by atoms with Crippen molar-refractivity contribution < 1.29 is 17.9 Å². The van der Waals surface area contributed by atoms with Gasteiger partial charge in [-0.1, -0.05) is 26.0 Å².